The number of hydrogen-bond acceptors (Lipinski definition) is 4. The van der Waals surface area contributed by atoms with Gasteiger partial charge in [-0.1, -0.05) is 55.1 Å². The van der Waals surface area contributed by atoms with Crippen LogP contribution in [0.4, 0.5) is 0 Å². The number of hydrogen-bond donors (Lipinski definition) is 0. The van der Waals surface area contributed by atoms with Crippen LogP contribution in [0.3, 0.4) is 0 Å². The third kappa shape index (κ3) is 3.88. The van der Waals surface area contributed by atoms with Crippen molar-refractivity contribution in [2.45, 2.75) is 6.61 Å². The van der Waals surface area contributed by atoms with Gasteiger partial charge in [0.25, 0.3) is 0 Å². The van der Waals surface area contributed by atoms with E-state index in [0.29, 0.717) is 36.0 Å². The van der Waals surface area contributed by atoms with Gasteiger partial charge in [0.15, 0.2) is 5.76 Å². The minimum Gasteiger partial charge on any atom is -0.489 e. The molecule has 0 atom stereocenters. The van der Waals surface area contributed by atoms with Crippen molar-refractivity contribution >= 4 is 17.9 Å². The Morgan fingerprint density at radius 1 is 1.00 bits per heavy atom. The second-order valence-corrected chi connectivity index (χ2v) is 7.38. The number of carbonyl (C=O) groups excluding carboxylic acids is 1. The smallest absolute Gasteiger partial charge is 0.231 e. The van der Waals surface area contributed by atoms with E-state index >= 15 is 0 Å². The average Bonchev–Trinajstić information content (AvgIpc) is 3.12. The van der Waals surface area contributed by atoms with E-state index < -0.39 is 0 Å². The lowest BCUT2D eigenvalue weighted by atomic mass is 10.1. The number of para-hydroxylation sites is 1. The molecule has 3 aromatic carbocycles. The molecule has 0 saturated heterocycles. The van der Waals surface area contributed by atoms with Crippen LogP contribution < -0.4 is 14.2 Å². The molecule has 3 aromatic rings. The highest BCUT2D eigenvalue weighted by Gasteiger charge is 2.28. The van der Waals surface area contributed by atoms with Gasteiger partial charge >= 0.3 is 0 Å². The SMILES string of the molecule is C=Cc1ccc(COc2ccc3c(c2)OC(=CC2=Cc4ccccc4OC2)C3=O)cc1. The number of carbonyl (C=O) groups is 1. The van der Waals surface area contributed by atoms with E-state index in [9.17, 15) is 4.79 Å². The second kappa shape index (κ2) is 8.00. The maximum atomic E-state index is 12.8. The molecule has 0 spiro atoms. The van der Waals surface area contributed by atoms with Gasteiger partial charge in [0.2, 0.25) is 5.78 Å². The maximum Gasteiger partial charge on any atom is 0.231 e. The van der Waals surface area contributed by atoms with Crippen molar-refractivity contribution in [1.82, 2.24) is 0 Å². The van der Waals surface area contributed by atoms with E-state index in [0.717, 1.165) is 28.0 Å². The Balaban J connectivity index is 1.31. The van der Waals surface area contributed by atoms with Crippen molar-refractivity contribution in [2.75, 3.05) is 6.61 Å². The van der Waals surface area contributed by atoms with Gasteiger partial charge in [-0.3, -0.25) is 4.79 Å². The molecule has 2 aliphatic rings. The number of fused-ring (bicyclic) bond motifs is 2. The highest BCUT2D eigenvalue weighted by Crippen LogP contribution is 2.35. The highest BCUT2D eigenvalue weighted by molar-refractivity contribution is 6.12. The summed E-state index contributed by atoms with van der Waals surface area (Å²) in [5.41, 5.74) is 4.52. The third-order valence-corrected chi connectivity index (χ3v) is 5.23. The number of Topliss-reactive ketones (excluding diaryl/α,β-unsaturated/α-hetero) is 1. The number of ether oxygens (including phenoxy) is 3. The average molecular weight is 408 g/mol. The van der Waals surface area contributed by atoms with Gasteiger partial charge in [-0.05, 0) is 47.1 Å². The summed E-state index contributed by atoms with van der Waals surface area (Å²) in [5.74, 6) is 2.15. The minimum atomic E-state index is -0.138. The lowest BCUT2D eigenvalue weighted by molar-refractivity contribution is 0.101. The molecule has 0 bridgehead atoms. The first-order valence-electron chi connectivity index (χ1n) is 10.0. The summed E-state index contributed by atoms with van der Waals surface area (Å²) in [6, 6.07) is 21.1. The van der Waals surface area contributed by atoms with Crippen LogP contribution in [0.5, 0.6) is 17.2 Å². The van der Waals surface area contributed by atoms with Crippen LogP contribution in [0.15, 0.2) is 90.7 Å². The second-order valence-electron chi connectivity index (χ2n) is 7.38. The summed E-state index contributed by atoms with van der Waals surface area (Å²) in [4.78, 5) is 12.8. The highest BCUT2D eigenvalue weighted by atomic mass is 16.5. The van der Waals surface area contributed by atoms with Gasteiger partial charge in [-0.25, -0.2) is 0 Å². The molecule has 0 unspecified atom stereocenters. The quantitative estimate of drug-likeness (QED) is 0.497. The summed E-state index contributed by atoms with van der Waals surface area (Å²) in [5, 5.41) is 0. The van der Waals surface area contributed by atoms with Crippen LogP contribution in [0.2, 0.25) is 0 Å². The molecule has 0 saturated carbocycles. The molecule has 0 aliphatic carbocycles. The summed E-state index contributed by atoms with van der Waals surface area (Å²) in [6.45, 7) is 4.58. The molecule has 152 valence electrons. The summed E-state index contributed by atoms with van der Waals surface area (Å²) in [7, 11) is 0. The Morgan fingerprint density at radius 2 is 1.84 bits per heavy atom. The van der Waals surface area contributed by atoms with Gasteiger partial charge in [0, 0.05) is 11.6 Å². The molecule has 5 rings (SSSR count). The number of ketones is 1. The molecular formula is C27H20O4. The van der Waals surface area contributed by atoms with Crippen molar-refractivity contribution in [3.63, 3.8) is 0 Å². The molecule has 2 heterocycles. The van der Waals surface area contributed by atoms with Crippen molar-refractivity contribution in [1.29, 1.82) is 0 Å². The van der Waals surface area contributed by atoms with E-state index in [4.69, 9.17) is 14.2 Å². The van der Waals surface area contributed by atoms with Crippen molar-refractivity contribution in [2.24, 2.45) is 0 Å². The summed E-state index contributed by atoms with van der Waals surface area (Å²) in [6.07, 6.45) is 5.57. The molecule has 4 nitrogen and oxygen atoms in total. The molecule has 0 fully saturated rings. The topological polar surface area (TPSA) is 44.8 Å². The normalized spacial score (nSPS) is 15.4. The molecule has 0 N–H and O–H groups in total. The Bertz CT molecular complexity index is 1230. The Labute approximate surface area is 180 Å². The molecule has 0 amide bonds. The van der Waals surface area contributed by atoms with E-state index in [1.54, 1.807) is 30.4 Å². The van der Waals surface area contributed by atoms with Crippen LogP contribution in [-0.2, 0) is 6.61 Å². The first-order chi connectivity index (χ1) is 15.2. The van der Waals surface area contributed by atoms with Crippen molar-refractivity contribution < 1.29 is 19.0 Å². The Morgan fingerprint density at radius 3 is 2.68 bits per heavy atom. The third-order valence-electron chi connectivity index (χ3n) is 5.23. The molecule has 4 heteroatoms. The van der Waals surface area contributed by atoms with Crippen LogP contribution in [0, 0.1) is 0 Å². The zero-order valence-corrected chi connectivity index (χ0v) is 16.8. The van der Waals surface area contributed by atoms with Gasteiger partial charge in [-0.2, -0.15) is 0 Å². The van der Waals surface area contributed by atoms with Crippen LogP contribution >= 0.6 is 0 Å². The molecule has 0 aromatic heterocycles. The van der Waals surface area contributed by atoms with Gasteiger partial charge in [0.05, 0.1) is 5.56 Å². The molecular weight excluding hydrogens is 388 g/mol. The fourth-order valence-electron chi connectivity index (χ4n) is 3.56. The predicted octanol–water partition coefficient (Wildman–Crippen LogP) is 5.84. The summed E-state index contributed by atoms with van der Waals surface area (Å²) < 4.78 is 17.5. The lowest BCUT2D eigenvalue weighted by Gasteiger charge is -2.15. The molecule has 31 heavy (non-hydrogen) atoms. The first kappa shape index (κ1) is 18.9. The van der Waals surface area contributed by atoms with Gasteiger partial charge < -0.3 is 14.2 Å². The number of rotatable bonds is 5. The lowest BCUT2D eigenvalue weighted by Crippen LogP contribution is -2.08. The minimum absolute atomic E-state index is 0.138. The number of allylic oxidation sites excluding steroid dienone is 1. The predicted molar refractivity (Wildman–Crippen MR) is 120 cm³/mol. The van der Waals surface area contributed by atoms with Crippen LogP contribution in [-0.4, -0.2) is 12.4 Å². The van der Waals surface area contributed by atoms with E-state index in [2.05, 4.69) is 6.58 Å². The number of benzene rings is 3. The molecule has 0 radical (unpaired) electrons. The standard InChI is InChI=1S/C27H20O4/c1-2-18-7-9-19(10-8-18)16-29-22-11-12-23-25(15-22)31-26(27(23)28)14-20-13-21-5-3-4-6-24(21)30-17-20/h2-15H,1,16-17H2. The largest absolute Gasteiger partial charge is 0.489 e. The van der Waals surface area contributed by atoms with E-state index in [-0.39, 0.29) is 5.78 Å². The molecule has 2 aliphatic heterocycles. The van der Waals surface area contributed by atoms with Crippen LogP contribution in [0.25, 0.3) is 12.2 Å². The van der Waals surface area contributed by atoms with E-state index in [1.165, 1.54) is 0 Å². The van der Waals surface area contributed by atoms with Gasteiger partial charge in [-0.15, -0.1) is 0 Å². The Hall–Kier alpha value is -4.05. The monoisotopic (exact) mass is 408 g/mol. The fraction of sp³-hybridized carbons (Fsp3) is 0.0741. The summed E-state index contributed by atoms with van der Waals surface area (Å²) >= 11 is 0. The van der Waals surface area contributed by atoms with Crippen LogP contribution in [0.1, 0.15) is 27.0 Å². The van der Waals surface area contributed by atoms with Crippen molar-refractivity contribution in [3.05, 3.63) is 113 Å². The van der Waals surface area contributed by atoms with Gasteiger partial charge in [0.1, 0.15) is 30.5 Å². The maximum absolute atomic E-state index is 12.8. The Kier molecular flexibility index (Phi) is 4.89. The zero-order chi connectivity index (χ0) is 21.2. The zero-order valence-electron chi connectivity index (χ0n) is 16.8. The fourth-order valence-corrected chi connectivity index (χ4v) is 3.56. The van der Waals surface area contributed by atoms with Crippen molar-refractivity contribution in [3.8, 4) is 17.2 Å². The van der Waals surface area contributed by atoms with E-state index in [1.807, 2.05) is 54.6 Å². The first-order valence-corrected chi connectivity index (χ1v) is 10.0.